The summed E-state index contributed by atoms with van der Waals surface area (Å²) in [5.41, 5.74) is 1.79. The Bertz CT molecular complexity index is 1280. The van der Waals surface area contributed by atoms with E-state index in [9.17, 15) is 31.5 Å². The van der Waals surface area contributed by atoms with Crippen LogP contribution in [0, 0.1) is 23.2 Å². The smallest absolute Gasteiger partial charge is 0.349 e. The number of imidazole rings is 1. The molecular formula is C28H34F5N5O2. The van der Waals surface area contributed by atoms with Crippen LogP contribution in [0.5, 0.6) is 0 Å². The van der Waals surface area contributed by atoms with Crippen LogP contribution in [0.3, 0.4) is 0 Å². The Labute approximate surface area is 228 Å². The SMILES string of the molecule is O=C(CCC(F)(F)F)N[C@@H](c1cnn2cc([C@@H](NC(=O)[C@H]3CC34CCC4)C3CCC(F)(F)CC3)nc2c1)C1CC1. The van der Waals surface area contributed by atoms with E-state index >= 15 is 0 Å². The van der Waals surface area contributed by atoms with Crippen LogP contribution in [0.1, 0.15) is 100 Å². The minimum atomic E-state index is -4.41. The van der Waals surface area contributed by atoms with Crippen LogP contribution in [0.15, 0.2) is 18.5 Å². The van der Waals surface area contributed by atoms with Gasteiger partial charge in [0, 0.05) is 25.2 Å². The summed E-state index contributed by atoms with van der Waals surface area (Å²) in [5.74, 6) is -3.51. The van der Waals surface area contributed by atoms with Crippen LogP contribution < -0.4 is 10.6 Å². The predicted octanol–water partition coefficient (Wildman–Crippen LogP) is 5.81. The fourth-order valence-electron chi connectivity index (χ4n) is 6.62. The summed E-state index contributed by atoms with van der Waals surface area (Å²) in [6, 6.07) is 0.762. The van der Waals surface area contributed by atoms with Crippen molar-refractivity contribution >= 4 is 17.5 Å². The zero-order valence-corrected chi connectivity index (χ0v) is 22.2. The highest BCUT2D eigenvalue weighted by Crippen LogP contribution is 2.65. The molecule has 0 radical (unpaired) electrons. The second-order valence-electron chi connectivity index (χ2n) is 12.4. The molecule has 2 N–H and O–H groups in total. The normalized spacial score (nSPS) is 25.3. The maximum Gasteiger partial charge on any atom is 0.389 e. The van der Waals surface area contributed by atoms with Crippen LogP contribution in [0.25, 0.3) is 5.65 Å². The minimum absolute atomic E-state index is 0.0317. The average molecular weight is 568 g/mol. The van der Waals surface area contributed by atoms with Crippen molar-refractivity contribution in [1.82, 2.24) is 25.2 Å². The van der Waals surface area contributed by atoms with Crippen LogP contribution in [0.2, 0.25) is 0 Å². The lowest BCUT2D eigenvalue weighted by atomic mass is 9.79. The van der Waals surface area contributed by atoms with Crippen molar-refractivity contribution < 1.29 is 31.5 Å². The van der Waals surface area contributed by atoms with Gasteiger partial charge in [0.15, 0.2) is 5.65 Å². The minimum Gasteiger partial charge on any atom is -0.349 e. The number of amides is 2. The number of rotatable bonds is 9. The van der Waals surface area contributed by atoms with Gasteiger partial charge in [-0.05, 0) is 73.8 Å². The van der Waals surface area contributed by atoms with E-state index in [4.69, 9.17) is 4.98 Å². The zero-order valence-electron chi connectivity index (χ0n) is 22.2. The number of carbonyl (C=O) groups excluding carboxylic acids is 2. The lowest BCUT2D eigenvalue weighted by molar-refractivity contribution is -0.144. The molecule has 218 valence electrons. The van der Waals surface area contributed by atoms with Gasteiger partial charge in [0.05, 0.1) is 36.6 Å². The average Bonchev–Trinajstić information content (AvgIpc) is 3.79. The third-order valence-corrected chi connectivity index (χ3v) is 9.47. The van der Waals surface area contributed by atoms with Crippen molar-refractivity contribution in [3.8, 4) is 0 Å². The van der Waals surface area contributed by atoms with Crippen molar-refractivity contribution in [1.29, 1.82) is 0 Å². The predicted molar refractivity (Wildman–Crippen MR) is 134 cm³/mol. The lowest BCUT2D eigenvalue weighted by Crippen LogP contribution is -2.39. The first kappa shape index (κ1) is 27.4. The molecule has 1 spiro atoms. The molecule has 4 fully saturated rings. The summed E-state index contributed by atoms with van der Waals surface area (Å²) in [6.45, 7) is 0. The van der Waals surface area contributed by atoms with E-state index in [0.717, 1.165) is 38.5 Å². The molecular weight excluding hydrogens is 533 g/mol. The molecule has 4 aliphatic carbocycles. The summed E-state index contributed by atoms with van der Waals surface area (Å²) < 4.78 is 67.2. The molecule has 40 heavy (non-hydrogen) atoms. The van der Waals surface area contributed by atoms with Crippen molar-refractivity contribution in [2.24, 2.45) is 23.2 Å². The van der Waals surface area contributed by atoms with E-state index in [0.29, 0.717) is 16.9 Å². The quantitative estimate of drug-likeness (QED) is 0.375. The van der Waals surface area contributed by atoms with Gasteiger partial charge in [0.2, 0.25) is 17.7 Å². The third kappa shape index (κ3) is 5.81. The van der Waals surface area contributed by atoms with Crippen molar-refractivity contribution in [2.45, 2.75) is 101 Å². The summed E-state index contributed by atoms with van der Waals surface area (Å²) in [6.07, 6.45) is 2.95. The molecule has 2 aromatic heterocycles. The lowest BCUT2D eigenvalue weighted by Gasteiger charge is -2.34. The molecule has 2 amide bonds. The van der Waals surface area contributed by atoms with Gasteiger partial charge in [0.25, 0.3) is 0 Å². The van der Waals surface area contributed by atoms with Gasteiger partial charge >= 0.3 is 6.18 Å². The fourth-order valence-corrected chi connectivity index (χ4v) is 6.62. The van der Waals surface area contributed by atoms with Gasteiger partial charge in [-0.15, -0.1) is 0 Å². The fraction of sp³-hybridized carbons (Fsp3) is 0.714. The van der Waals surface area contributed by atoms with E-state index in [2.05, 4.69) is 15.7 Å². The summed E-state index contributed by atoms with van der Waals surface area (Å²) in [5, 5.41) is 10.3. The van der Waals surface area contributed by atoms with E-state index < -0.39 is 42.9 Å². The van der Waals surface area contributed by atoms with Gasteiger partial charge in [-0.1, -0.05) is 6.42 Å². The maximum atomic E-state index is 14.0. The molecule has 0 aromatic carbocycles. The van der Waals surface area contributed by atoms with Crippen LogP contribution in [0.4, 0.5) is 22.0 Å². The number of hydrogen-bond acceptors (Lipinski definition) is 4. The standard InChI is InChI=1S/C28H34F5N5O2/c29-27(30)9-4-17(5-10-27)24(37-25(40)19-13-26(19)7-1-8-26)20-15-38-21(35-20)12-18(14-34-38)23(16-2-3-16)36-22(39)6-11-28(31,32)33/h12,14-17,19,23-24H,1-11,13H2,(H,36,39)(H,37,40)/t19-,23-,24+/m1/s1. The summed E-state index contributed by atoms with van der Waals surface area (Å²) in [4.78, 5) is 30.2. The molecule has 4 aliphatic rings. The van der Waals surface area contributed by atoms with E-state index in [-0.39, 0.29) is 54.8 Å². The zero-order chi connectivity index (χ0) is 28.3. The highest BCUT2D eigenvalue weighted by molar-refractivity contribution is 5.83. The molecule has 0 unspecified atom stereocenters. The largest absolute Gasteiger partial charge is 0.389 e. The summed E-state index contributed by atoms with van der Waals surface area (Å²) >= 11 is 0. The first-order valence-electron chi connectivity index (χ1n) is 14.3. The highest BCUT2D eigenvalue weighted by atomic mass is 19.4. The van der Waals surface area contributed by atoms with E-state index in [1.54, 1.807) is 23.0 Å². The van der Waals surface area contributed by atoms with Gasteiger partial charge in [0.1, 0.15) is 0 Å². The summed E-state index contributed by atoms with van der Waals surface area (Å²) in [7, 11) is 0. The van der Waals surface area contributed by atoms with Crippen molar-refractivity contribution in [3.05, 3.63) is 29.7 Å². The van der Waals surface area contributed by atoms with Crippen molar-refractivity contribution in [2.75, 3.05) is 0 Å². The molecule has 2 aromatic rings. The monoisotopic (exact) mass is 567 g/mol. The van der Waals surface area contributed by atoms with Gasteiger partial charge in [-0.3, -0.25) is 9.59 Å². The van der Waals surface area contributed by atoms with Gasteiger partial charge in [-0.25, -0.2) is 18.3 Å². The number of alkyl halides is 5. The number of carbonyl (C=O) groups is 2. The Morgan fingerprint density at radius 3 is 2.33 bits per heavy atom. The second-order valence-corrected chi connectivity index (χ2v) is 12.4. The number of halogens is 5. The Morgan fingerprint density at radius 1 is 1.02 bits per heavy atom. The third-order valence-electron chi connectivity index (χ3n) is 9.47. The second kappa shape index (κ2) is 9.94. The molecule has 4 saturated carbocycles. The van der Waals surface area contributed by atoms with E-state index in [1.807, 2.05) is 0 Å². The maximum absolute atomic E-state index is 14.0. The Kier molecular flexibility index (Phi) is 6.80. The van der Waals surface area contributed by atoms with Gasteiger partial charge < -0.3 is 10.6 Å². The molecule has 3 atom stereocenters. The van der Waals surface area contributed by atoms with Crippen LogP contribution in [-0.2, 0) is 9.59 Å². The molecule has 12 heteroatoms. The van der Waals surface area contributed by atoms with E-state index in [1.165, 1.54) is 0 Å². The molecule has 7 nitrogen and oxygen atoms in total. The topological polar surface area (TPSA) is 88.4 Å². The molecule has 2 heterocycles. The number of aromatic nitrogens is 3. The van der Waals surface area contributed by atoms with Crippen molar-refractivity contribution in [3.63, 3.8) is 0 Å². The molecule has 0 saturated heterocycles. The highest BCUT2D eigenvalue weighted by Gasteiger charge is 2.61. The Hall–Kier alpha value is -2.79. The Balaban J connectivity index is 1.22. The van der Waals surface area contributed by atoms with Crippen LogP contribution >= 0.6 is 0 Å². The first-order valence-corrected chi connectivity index (χ1v) is 14.3. The first-order chi connectivity index (χ1) is 18.9. The van der Waals surface area contributed by atoms with Gasteiger partial charge in [-0.2, -0.15) is 18.3 Å². The number of hydrogen-bond donors (Lipinski definition) is 2. The molecule has 0 bridgehead atoms. The number of nitrogens with one attached hydrogen (secondary N) is 2. The number of fused-ring (bicyclic) bond motifs is 1. The van der Waals surface area contributed by atoms with Crippen LogP contribution in [-0.4, -0.2) is 38.5 Å². The molecule has 6 rings (SSSR count). The molecule has 0 aliphatic heterocycles. The number of nitrogens with zero attached hydrogens (tertiary/aromatic N) is 3. The Morgan fingerprint density at radius 2 is 1.73 bits per heavy atom.